The summed E-state index contributed by atoms with van der Waals surface area (Å²) in [5, 5.41) is 3.27. The average molecular weight is 287 g/mol. The van der Waals surface area contributed by atoms with Gasteiger partial charge in [0.2, 0.25) is 11.8 Å². The van der Waals surface area contributed by atoms with Gasteiger partial charge in [-0.3, -0.25) is 9.59 Å². The lowest BCUT2D eigenvalue weighted by atomic mass is 10.0. The van der Waals surface area contributed by atoms with Gasteiger partial charge in [-0.15, -0.1) is 0 Å². The van der Waals surface area contributed by atoms with E-state index in [4.69, 9.17) is 0 Å². The molecule has 5 nitrogen and oxygen atoms in total. The van der Waals surface area contributed by atoms with E-state index in [2.05, 4.69) is 5.32 Å². The largest absolute Gasteiger partial charge is 0.336 e. The van der Waals surface area contributed by atoms with Gasteiger partial charge in [0.15, 0.2) is 0 Å². The number of hydrogen-bond acceptors (Lipinski definition) is 3. The molecule has 21 heavy (non-hydrogen) atoms. The number of nitrogens with one attached hydrogen (secondary N) is 1. The first-order valence-electron chi connectivity index (χ1n) is 7.55. The number of aryl methyl sites for hydroxylation is 1. The van der Waals surface area contributed by atoms with Crippen molar-refractivity contribution in [3.63, 3.8) is 0 Å². The third-order valence-corrected chi connectivity index (χ3v) is 4.31. The van der Waals surface area contributed by atoms with Crippen LogP contribution in [0.4, 0.5) is 5.69 Å². The maximum absolute atomic E-state index is 12.5. The molecule has 0 bridgehead atoms. The zero-order valence-electron chi connectivity index (χ0n) is 12.3. The van der Waals surface area contributed by atoms with Gasteiger partial charge in [-0.05, 0) is 25.0 Å². The van der Waals surface area contributed by atoms with Gasteiger partial charge in [-0.1, -0.05) is 18.2 Å². The number of amides is 2. The molecule has 2 heterocycles. The van der Waals surface area contributed by atoms with Crippen LogP contribution in [-0.4, -0.2) is 48.9 Å². The molecular formula is C16H21N3O2. The second-order valence-electron chi connectivity index (χ2n) is 5.75. The van der Waals surface area contributed by atoms with Crippen molar-refractivity contribution in [3.8, 4) is 0 Å². The minimum atomic E-state index is 0.0362. The van der Waals surface area contributed by atoms with Crippen molar-refractivity contribution in [3.05, 3.63) is 29.8 Å². The van der Waals surface area contributed by atoms with Crippen molar-refractivity contribution in [2.24, 2.45) is 0 Å². The Labute approximate surface area is 124 Å². The number of anilines is 1. The molecule has 1 N–H and O–H groups in total. The number of carbonyl (C=O) groups excluding carboxylic acids is 2. The Bertz CT molecular complexity index is 558. The van der Waals surface area contributed by atoms with E-state index in [1.165, 1.54) is 0 Å². The van der Waals surface area contributed by atoms with Crippen LogP contribution in [0.15, 0.2) is 24.3 Å². The number of benzene rings is 1. The summed E-state index contributed by atoms with van der Waals surface area (Å²) in [5.41, 5.74) is 2.04. The Morgan fingerprint density at radius 1 is 1.33 bits per heavy atom. The molecule has 1 atom stereocenters. The van der Waals surface area contributed by atoms with Gasteiger partial charge in [0, 0.05) is 37.8 Å². The SMILES string of the molecule is C[C@@H]1CNCCN1C(=O)CN1C(=O)CCc2ccccc21. The van der Waals surface area contributed by atoms with Gasteiger partial charge in [0.1, 0.15) is 6.54 Å². The zero-order chi connectivity index (χ0) is 14.8. The molecule has 1 saturated heterocycles. The van der Waals surface area contributed by atoms with E-state index >= 15 is 0 Å². The van der Waals surface area contributed by atoms with E-state index in [-0.39, 0.29) is 24.4 Å². The van der Waals surface area contributed by atoms with Crippen molar-refractivity contribution in [1.82, 2.24) is 10.2 Å². The van der Waals surface area contributed by atoms with Crippen LogP contribution in [0.25, 0.3) is 0 Å². The predicted molar refractivity (Wildman–Crippen MR) is 81.2 cm³/mol. The molecule has 3 rings (SSSR count). The Kier molecular flexibility index (Phi) is 3.92. The molecule has 2 amide bonds. The molecule has 0 saturated carbocycles. The van der Waals surface area contributed by atoms with E-state index in [1.54, 1.807) is 4.90 Å². The van der Waals surface area contributed by atoms with Crippen molar-refractivity contribution in [2.75, 3.05) is 31.1 Å². The number of para-hydroxylation sites is 1. The molecule has 1 aromatic rings. The fraction of sp³-hybridized carbons (Fsp3) is 0.500. The lowest BCUT2D eigenvalue weighted by molar-refractivity contribution is -0.134. The minimum absolute atomic E-state index is 0.0362. The number of nitrogens with zero attached hydrogens (tertiary/aromatic N) is 2. The molecule has 0 aromatic heterocycles. The Hall–Kier alpha value is -1.88. The average Bonchev–Trinajstić information content (AvgIpc) is 2.50. The predicted octanol–water partition coefficient (Wildman–Crippen LogP) is 0.786. The molecule has 2 aliphatic heterocycles. The molecule has 0 radical (unpaired) electrons. The zero-order valence-corrected chi connectivity index (χ0v) is 12.3. The van der Waals surface area contributed by atoms with E-state index in [0.717, 1.165) is 30.8 Å². The standard InChI is InChI=1S/C16H21N3O2/c1-12-10-17-8-9-18(12)16(21)11-19-14-5-3-2-4-13(14)6-7-15(19)20/h2-5,12,17H,6-11H2,1H3/t12-/m1/s1. The summed E-state index contributed by atoms with van der Waals surface area (Å²) in [6.45, 7) is 4.54. The second-order valence-corrected chi connectivity index (χ2v) is 5.75. The fourth-order valence-corrected chi connectivity index (χ4v) is 3.11. The van der Waals surface area contributed by atoms with Gasteiger partial charge in [0.25, 0.3) is 0 Å². The van der Waals surface area contributed by atoms with Crippen LogP contribution in [0.2, 0.25) is 0 Å². The lowest BCUT2D eigenvalue weighted by Crippen LogP contribution is -2.55. The third-order valence-electron chi connectivity index (χ3n) is 4.31. The Balaban J connectivity index is 1.77. The molecule has 5 heteroatoms. The van der Waals surface area contributed by atoms with Gasteiger partial charge >= 0.3 is 0 Å². The first-order chi connectivity index (χ1) is 10.2. The Morgan fingerprint density at radius 3 is 2.95 bits per heavy atom. The van der Waals surface area contributed by atoms with Crippen LogP contribution >= 0.6 is 0 Å². The molecule has 0 aliphatic carbocycles. The molecular weight excluding hydrogens is 266 g/mol. The summed E-state index contributed by atoms with van der Waals surface area (Å²) in [7, 11) is 0. The van der Waals surface area contributed by atoms with E-state index in [9.17, 15) is 9.59 Å². The summed E-state index contributed by atoms with van der Waals surface area (Å²) in [6.07, 6.45) is 1.26. The number of hydrogen-bond donors (Lipinski definition) is 1. The quantitative estimate of drug-likeness (QED) is 0.875. The van der Waals surface area contributed by atoms with E-state index < -0.39 is 0 Å². The van der Waals surface area contributed by atoms with Crippen LogP contribution in [0.1, 0.15) is 18.9 Å². The summed E-state index contributed by atoms with van der Waals surface area (Å²) in [4.78, 5) is 28.3. The lowest BCUT2D eigenvalue weighted by Gasteiger charge is -2.36. The van der Waals surface area contributed by atoms with Crippen LogP contribution in [0.3, 0.4) is 0 Å². The summed E-state index contributed by atoms with van der Waals surface area (Å²) >= 11 is 0. The van der Waals surface area contributed by atoms with Gasteiger partial charge in [-0.25, -0.2) is 0 Å². The summed E-state index contributed by atoms with van der Waals surface area (Å²) in [6, 6.07) is 8.05. The molecule has 1 aromatic carbocycles. The van der Waals surface area contributed by atoms with Gasteiger partial charge in [-0.2, -0.15) is 0 Å². The van der Waals surface area contributed by atoms with Crippen LogP contribution in [-0.2, 0) is 16.0 Å². The van der Waals surface area contributed by atoms with Crippen molar-refractivity contribution in [1.29, 1.82) is 0 Å². The molecule has 1 fully saturated rings. The number of fused-ring (bicyclic) bond motifs is 1. The number of piperazine rings is 1. The monoisotopic (exact) mass is 287 g/mol. The normalized spacial score (nSPS) is 22.1. The smallest absolute Gasteiger partial charge is 0.242 e. The summed E-state index contributed by atoms with van der Waals surface area (Å²) < 4.78 is 0. The molecule has 112 valence electrons. The topological polar surface area (TPSA) is 52.7 Å². The minimum Gasteiger partial charge on any atom is -0.336 e. The van der Waals surface area contributed by atoms with Crippen LogP contribution in [0.5, 0.6) is 0 Å². The first kappa shape index (κ1) is 14.1. The fourth-order valence-electron chi connectivity index (χ4n) is 3.11. The highest BCUT2D eigenvalue weighted by Gasteiger charge is 2.29. The van der Waals surface area contributed by atoms with E-state index in [1.807, 2.05) is 36.1 Å². The summed E-state index contributed by atoms with van der Waals surface area (Å²) in [5.74, 6) is 0.0823. The van der Waals surface area contributed by atoms with Crippen molar-refractivity contribution < 1.29 is 9.59 Å². The Morgan fingerprint density at radius 2 is 2.14 bits per heavy atom. The third kappa shape index (κ3) is 2.78. The number of rotatable bonds is 2. The first-order valence-corrected chi connectivity index (χ1v) is 7.55. The maximum atomic E-state index is 12.5. The van der Waals surface area contributed by atoms with Crippen LogP contribution < -0.4 is 10.2 Å². The van der Waals surface area contributed by atoms with Crippen molar-refractivity contribution >= 4 is 17.5 Å². The molecule has 0 unspecified atom stereocenters. The molecule has 0 spiro atoms. The molecule has 2 aliphatic rings. The van der Waals surface area contributed by atoms with Crippen LogP contribution in [0, 0.1) is 0 Å². The van der Waals surface area contributed by atoms with Crippen molar-refractivity contribution in [2.45, 2.75) is 25.8 Å². The number of carbonyl (C=O) groups is 2. The van der Waals surface area contributed by atoms with Gasteiger partial charge in [0.05, 0.1) is 0 Å². The maximum Gasteiger partial charge on any atom is 0.242 e. The van der Waals surface area contributed by atoms with Gasteiger partial charge < -0.3 is 15.1 Å². The highest BCUT2D eigenvalue weighted by Crippen LogP contribution is 2.27. The van der Waals surface area contributed by atoms with E-state index in [0.29, 0.717) is 13.0 Å². The highest BCUT2D eigenvalue weighted by atomic mass is 16.2. The second kappa shape index (κ2) is 5.85. The highest BCUT2D eigenvalue weighted by molar-refractivity contribution is 6.01.